The van der Waals surface area contributed by atoms with E-state index >= 15 is 4.39 Å². The number of Topliss-reactive ketones (excluding diaryl/α,β-unsaturated/α-hetero) is 1. The first-order chi connectivity index (χ1) is 18.0. The van der Waals surface area contributed by atoms with E-state index in [1.54, 1.807) is 6.07 Å². The number of halogens is 6. The van der Waals surface area contributed by atoms with Gasteiger partial charge in [-0.2, -0.15) is 13.2 Å². The Morgan fingerprint density at radius 1 is 1.13 bits per heavy atom. The van der Waals surface area contributed by atoms with Gasteiger partial charge in [0.05, 0.1) is 0 Å². The molecule has 2 aromatic rings. The molecule has 4 rings (SSSR count). The molecule has 208 valence electrons. The van der Waals surface area contributed by atoms with Gasteiger partial charge in [0.2, 0.25) is 5.88 Å². The third kappa shape index (κ3) is 7.68. The van der Waals surface area contributed by atoms with Crippen LogP contribution in [0.1, 0.15) is 72.3 Å². The maximum absolute atomic E-state index is 15.6. The lowest BCUT2D eigenvalue weighted by Gasteiger charge is -2.35. The molecule has 1 saturated carbocycles. The van der Waals surface area contributed by atoms with Crippen molar-refractivity contribution in [2.45, 2.75) is 69.6 Å². The highest BCUT2D eigenvalue weighted by atomic mass is 19.4. The topological polar surface area (TPSA) is 55.3 Å². The minimum atomic E-state index is -4.43. The van der Waals surface area contributed by atoms with Crippen LogP contribution < -0.4 is 4.74 Å². The lowest BCUT2D eigenvalue weighted by atomic mass is 9.76. The third-order valence-corrected chi connectivity index (χ3v) is 7.49. The highest BCUT2D eigenvalue weighted by Crippen LogP contribution is 2.39. The van der Waals surface area contributed by atoms with Crippen molar-refractivity contribution in [1.29, 1.82) is 0 Å². The summed E-state index contributed by atoms with van der Waals surface area (Å²) in [7, 11) is 0. The summed E-state index contributed by atoms with van der Waals surface area (Å²) in [6.07, 6.45) is -2.71. The van der Waals surface area contributed by atoms with Gasteiger partial charge in [-0.1, -0.05) is 6.07 Å². The Labute approximate surface area is 217 Å². The Bertz CT molecular complexity index is 1100. The van der Waals surface area contributed by atoms with E-state index in [0.717, 1.165) is 5.56 Å². The number of ether oxygens (including phenoxy) is 1. The first kappa shape index (κ1) is 28.3. The zero-order valence-corrected chi connectivity index (χ0v) is 21.0. The maximum atomic E-state index is 15.6. The smallest absolute Gasteiger partial charge is 0.422 e. The van der Waals surface area contributed by atoms with Crippen LogP contribution in [0.3, 0.4) is 0 Å². The molecular formula is C27H31F6N3O2. The van der Waals surface area contributed by atoms with Gasteiger partial charge in [-0.3, -0.25) is 9.78 Å². The third-order valence-electron chi connectivity index (χ3n) is 7.49. The van der Waals surface area contributed by atoms with Gasteiger partial charge in [-0.15, -0.1) is 0 Å². The molecule has 1 fully saturated rings. The van der Waals surface area contributed by atoms with Crippen molar-refractivity contribution in [1.82, 2.24) is 14.9 Å². The molecule has 38 heavy (non-hydrogen) atoms. The molecule has 11 heteroatoms. The highest BCUT2D eigenvalue weighted by Gasteiger charge is 2.36. The number of alkyl halides is 6. The molecule has 0 amide bonds. The number of hydrogen-bond donors (Lipinski definition) is 0. The molecule has 0 radical (unpaired) electrons. The van der Waals surface area contributed by atoms with Crippen molar-refractivity contribution in [3.05, 3.63) is 53.0 Å². The van der Waals surface area contributed by atoms with E-state index in [1.807, 2.05) is 0 Å². The Balaban J connectivity index is 1.23. The number of pyridine rings is 2. The zero-order valence-electron chi connectivity index (χ0n) is 21.0. The van der Waals surface area contributed by atoms with Crippen LogP contribution >= 0.6 is 0 Å². The van der Waals surface area contributed by atoms with Crippen LogP contribution in [-0.4, -0.2) is 58.7 Å². The number of fused-ring (bicyclic) bond motifs is 1. The van der Waals surface area contributed by atoms with Gasteiger partial charge in [-0.05, 0) is 62.1 Å². The molecule has 1 aliphatic heterocycles. The van der Waals surface area contributed by atoms with Crippen molar-refractivity contribution in [2.24, 2.45) is 5.92 Å². The Morgan fingerprint density at radius 2 is 1.87 bits per heavy atom. The summed E-state index contributed by atoms with van der Waals surface area (Å²) in [4.78, 5) is 22.7. The molecule has 3 heterocycles. The van der Waals surface area contributed by atoms with Crippen LogP contribution in [0.25, 0.3) is 0 Å². The minimum Gasteiger partial charge on any atom is -0.468 e. The lowest BCUT2D eigenvalue weighted by Crippen LogP contribution is -2.36. The molecule has 0 aromatic carbocycles. The van der Waals surface area contributed by atoms with Crippen molar-refractivity contribution in [3.63, 3.8) is 0 Å². The average Bonchev–Trinajstić information content (AvgIpc) is 3.09. The summed E-state index contributed by atoms with van der Waals surface area (Å²) >= 11 is 0. The van der Waals surface area contributed by atoms with Crippen molar-refractivity contribution in [2.75, 3.05) is 26.2 Å². The van der Waals surface area contributed by atoms with E-state index in [4.69, 9.17) is 4.74 Å². The van der Waals surface area contributed by atoms with Crippen LogP contribution in [0, 0.1) is 5.92 Å². The molecule has 0 bridgehead atoms. The molecule has 1 aliphatic carbocycles. The first-order valence-corrected chi connectivity index (χ1v) is 12.9. The SMILES string of the molecule is O=C(CC1CCC(F)(CCN2CCc3ccc(OCC(F)(F)F)nc3CC2)CC1)c1cccnc1C(F)F. The van der Waals surface area contributed by atoms with E-state index < -0.39 is 30.6 Å². The van der Waals surface area contributed by atoms with Crippen LogP contribution in [0.2, 0.25) is 0 Å². The van der Waals surface area contributed by atoms with Crippen molar-refractivity contribution >= 4 is 5.78 Å². The zero-order chi connectivity index (χ0) is 27.3. The fourth-order valence-corrected chi connectivity index (χ4v) is 5.28. The van der Waals surface area contributed by atoms with E-state index in [-0.39, 0.29) is 29.6 Å². The number of ketones is 1. The number of nitrogens with zero attached hydrogens (tertiary/aromatic N) is 3. The predicted molar refractivity (Wildman–Crippen MR) is 128 cm³/mol. The molecule has 0 spiro atoms. The molecule has 2 aromatic heterocycles. The maximum Gasteiger partial charge on any atom is 0.422 e. The number of aromatic nitrogens is 2. The van der Waals surface area contributed by atoms with Gasteiger partial charge < -0.3 is 9.64 Å². The standard InChI is InChI=1S/C27H31F6N3O2/c28-25(29)24-20(2-1-12-34-24)22(37)16-18-5-9-26(30,10-6-18)11-15-36-13-7-19-3-4-23(35-21(19)8-14-36)38-17-27(31,32)33/h1-4,12,18,25H,5-11,13-17H2. The molecule has 2 aliphatic rings. The molecule has 0 unspecified atom stereocenters. The second kappa shape index (κ2) is 12.0. The quantitative estimate of drug-likeness (QED) is 0.274. The van der Waals surface area contributed by atoms with Crippen LogP contribution in [0.4, 0.5) is 26.3 Å². The van der Waals surface area contributed by atoms with Gasteiger partial charge in [0.15, 0.2) is 12.4 Å². The number of carbonyl (C=O) groups is 1. The summed E-state index contributed by atoms with van der Waals surface area (Å²) < 4.78 is 84.0. The van der Waals surface area contributed by atoms with E-state index in [1.165, 1.54) is 24.4 Å². The lowest BCUT2D eigenvalue weighted by molar-refractivity contribution is -0.154. The predicted octanol–water partition coefficient (Wildman–Crippen LogP) is 6.32. The van der Waals surface area contributed by atoms with Crippen molar-refractivity contribution < 1.29 is 35.9 Å². The van der Waals surface area contributed by atoms with Crippen LogP contribution in [0.5, 0.6) is 5.88 Å². The van der Waals surface area contributed by atoms with Gasteiger partial charge in [0.25, 0.3) is 6.43 Å². The Kier molecular flexibility index (Phi) is 8.95. The van der Waals surface area contributed by atoms with Crippen molar-refractivity contribution in [3.8, 4) is 5.88 Å². The fourth-order valence-electron chi connectivity index (χ4n) is 5.28. The van der Waals surface area contributed by atoms with Crippen LogP contribution in [-0.2, 0) is 12.8 Å². The molecular weight excluding hydrogens is 512 g/mol. The van der Waals surface area contributed by atoms with E-state index in [2.05, 4.69) is 14.9 Å². The number of hydrogen-bond acceptors (Lipinski definition) is 5. The van der Waals surface area contributed by atoms with Gasteiger partial charge >= 0.3 is 6.18 Å². The summed E-state index contributed by atoms with van der Waals surface area (Å²) in [6, 6.07) is 6.02. The molecule has 0 saturated heterocycles. The first-order valence-electron chi connectivity index (χ1n) is 12.9. The van der Waals surface area contributed by atoms with Gasteiger partial charge in [0.1, 0.15) is 11.4 Å². The second-order valence-corrected chi connectivity index (χ2v) is 10.2. The summed E-state index contributed by atoms with van der Waals surface area (Å²) in [5.74, 6) is -0.486. The summed E-state index contributed by atoms with van der Waals surface area (Å²) in [5, 5.41) is 0. The normalized spacial score (nSPS) is 22.7. The summed E-state index contributed by atoms with van der Waals surface area (Å²) in [6.45, 7) is 0.466. The van der Waals surface area contributed by atoms with Gasteiger partial charge in [0, 0.05) is 56.0 Å². The molecule has 0 atom stereocenters. The Morgan fingerprint density at radius 3 is 2.58 bits per heavy atom. The molecule has 5 nitrogen and oxygen atoms in total. The van der Waals surface area contributed by atoms with Crippen LogP contribution in [0.15, 0.2) is 30.5 Å². The van der Waals surface area contributed by atoms with E-state index in [0.29, 0.717) is 70.3 Å². The number of rotatable bonds is 9. The largest absolute Gasteiger partial charge is 0.468 e. The van der Waals surface area contributed by atoms with Gasteiger partial charge in [-0.25, -0.2) is 18.2 Å². The minimum absolute atomic E-state index is 0.0513. The molecule has 0 N–H and O–H groups in total. The fraction of sp³-hybridized carbons (Fsp3) is 0.593. The second-order valence-electron chi connectivity index (χ2n) is 10.2. The van der Waals surface area contributed by atoms with E-state index in [9.17, 15) is 26.7 Å². The monoisotopic (exact) mass is 543 g/mol. The number of carbonyl (C=O) groups excluding carboxylic acids is 1. The highest BCUT2D eigenvalue weighted by molar-refractivity contribution is 5.97. The summed E-state index contributed by atoms with van der Waals surface area (Å²) in [5.41, 5.74) is -0.257. The Hall–Kier alpha value is -2.69. The average molecular weight is 544 g/mol.